The molecule has 5 aliphatic rings. The fourth-order valence-electron chi connectivity index (χ4n) is 5.60. The molecule has 0 aromatic heterocycles. The number of hydrogen-bond acceptors (Lipinski definition) is 2. The average Bonchev–Trinajstić information content (AvgIpc) is 3.39. The molecule has 1 heterocycles. The molecule has 24 heavy (non-hydrogen) atoms. The van der Waals surface area contributed by atoms with Gasteiger partial charge in [0.1, 0.15) is 0 Å². The number of carbonyl (C=O) groups excluding carboxylic acids is 2. The first-order valence-corrected chi connectivity index (χ1v) is 8.79. The van der Waals surface area contributed by atoms with Gasteiger partial charge < -0.3 is 0 Å². The lowest BCUT2D eigenvalue weighted by molar-refractivity contribution is -0.124. The summed E-state index contributed by atoms with van der Waals surface area (Å²) < 4.78 is 0. The maximum Gasteiger partial charge on any atom is 0.238 e. The van der Waals surface area contributed by atoms with Crippen molar-refractivity contribution in [1.29, 1.82) is 0 Å². The van der Waals surface area contributed by atoms with Gasteiger partial charge in [0.2, 0.25) is 11.8 Å². The van der Waals surface area contributed by atoms with Crippen molar-refractivity contribution >= 4 is 28.3 Å². The molecule has 1 aliphatic heterocycles. The molecule has 1 saturated heterocycles. The monoisotopic (exact) mass is 315 g/mol. The van der Waals surface area contributed by atoms with Gasteiger partial charge >= 0.3 is 0 Å². The van der Waals surface area contributed by atoms with Gasteiger partial charge in [0.25, 0.3) is 0 Å². The van der Waals surface area contributed by atoms with Gasteiger partial charge in [0, 0.05) is 5.39 Å². The van der Waals surface area contributed by atoms with Gasteiger partial charge in [-0.2, -0.15) is 0 Å². The Bertz CT molecular complexity index is 905. The van der Waals surface area contributed by atoms with E-state index in [4.69, 9.17) is 0 Å². The Labute approximate surface area is 139 Å². The van der Waals surface area contributed by atoms with Crippen molar-refractivity contribution in [2.45, 2.75) is 6.42 Å². The molecule has 7 rings (SSSR count). The van der Waals surface area contributed by atoms with Crippen molar-refractivity contribution in [1.82, 2.24) is 0 Å². The summed E-state index contributed by atoms with van der Waals surface area (Å²) in [5.74, 6) is 1.63. The van der Waals surface area contributed by atoms with E-state index in [-0.39, 0.29) is 35.5 Å². The molecule has 6 atom stereocenters. The molecule has 0 radical (unpaired) electrons. The predicted molar refractivity (Wildman–Crippen MR) is 91.1 cm³/mol. The van der Waals surface area contributed by atoms with Gasteiger partial charge in [-0.1, -0.05) is 48.6 Å². The molecule has 6 unspecified atom stereocenters. The Morgan fingerprint density at radius 2 is 1.42 bits per heavy atom. The highest BCUT2D eigenvalue weighted by atomic mass is 16.2. The first kappa shape index (κ1) is 12.9. The third-order valence-electron chi connectivity index (χ3n) is 6.67. The Kier molecular flexibility index (Phi) is 2.24. The van der Waals surface area contributed by atoms with Crippen LogP contribution in [0.25, 0.3) is 10.8 Å². The zero-order valence-corrected chi connectivity index (χ0v) is 13.1. The minimum atomic E-state index is -0.129. The molecule has 4 aliphatic carbocycles. The van der Waals surface area contributed by atoms with Crippen molar-refractivity contribution in [3.63, 3.8) is 0 Å². The smallest absolute Gasteiger partial charge is 0.238 e. The van der Waals surface area contributed by atoms with E-state index in [2.05, 4.69) is 12.2 Å². The normalized spacial score (nSPS) is 38.6. The fourth-order valence-corrected chi connectivity index (χ4v) is 5.60. The maximum atomic E-state index is 13.2. The lowest BCUT2D eigenvalue weighted by atomic mass is 9.63. The van der Waals surface area contributed by atoms with Gasteiger partial charge in [-0.25, -0.2) is 4.90 Å². The molecular formula is C21H17NO2. The topological polar surface area (TPSA) is 37.4 Å². The van der Waals surface area contributed by atoms with Gasteiger partial charge in [0.05, 0.1) is 17.5 Å². The van der Waals surface area contributed by atoms with Gasteiger partial charge in [-0.05, 0) is 41.5 Å². The van der Waals surface area contributed by atoms with Crippen LogP contribution in [0, 0.1) is 35.5 Å². The van der Waals surface area contributed by atoms with E-state index in [1.54, 1.807) is 0 Å². The summed E-state index contributed by atoms with van der Waals surface area (Å²) in [6, 6.07) is 13.8. The molecular weight excluding hydrogens is 298 g/mol. The van der Waals surface area contributed by atoms with E-state index in [0.717, 1.165) is 16.5 Å². The molecule has 3 nitrogen and oxygen atoms in total. The van der Waals surface area contributed by atoms with E-state index in [1.807, 2.05) is 42.5 Å². The van der Waals surface area contributed by atoms with Crippen LogP contribution in [0.3, 0.4) is 0 Å². The van der Waals surface area contributed by atoms with Crippen LogP contribution in [-0.2, 0) is 9.59 Å². The third kappa shape index (κ3) is 1.40. The number of fused-ring (bicyclic) bond motifs is 1. The van der Waals surface area contributed by atoms with Crippen molar-refractivity contribution in [3.8, 4) is 0 Å². The van der Waals surface area contributed by atoms with E-state index < -0.39 is 0 Å². The molecule has 0 N–H and O–H groups in total. The van der Waals surface area contributed by atoms with Crippen LogP contribution in [0.2, 0.25) is 0 Å². The summed E-state index contributed by atoms with van der Waals surface area (Å²) in [4.78, 5) is 27.9. The van der Waals surface area contributed by atoms with Crippen LogP contribution in [0.15, 0.2) is 54.6 Å². The highest BCUT2D eigenvalue weighted by Gasteiger charge is 2.67. The number of hydrogen-bond donors (Lipinski definition) is 0. The molecule has 0 spiro atoms. The molecule has 3 heteroatoms. The zero-order valence-electron chi connectivity index (χ0n) is 13.1. The molecule has 2 bridgehead atoms. The molecule has 2 aromatic carbocycles. The third-order valence-corrected chi connectivity index (χ3v) is 6.67. The highest BCUT2D eigenvalue weighted by Crippen LogP contribution is 2.65. The molecule has 2 aromatic rings. The molecule has 2 saturated carbocycles. The summed E-state index contributed by atoms with van der Waals surface area (Å²) in [7, 11) is 0. The Hall–Kier alpha value is -2.42. The van der Waals surface area contributed by atoms with Crippen molar-refractivity contribution in [3.05, 3.63) is 54.6 Å². The number of rotatable bonds is 1. The van der Waals surface area contributed by atoms with Gasteiger partial charge in [-0.3, -0.25) is 9.59 Å². The largest absolute Gasteiger partial charge is 0.274 e. The standard InChI is InChI=1S/C21H17NO2/c23-20-18-13-8-9-14(16-10-15(13)16)19(18)21(24)22(20)17-7-3-5-11-4-1-2-6-12(11)17/h1-9,13-16,18-19H,10H2. The van der Waals surface area contributed by atoms with Crippen LogP contribution in [0.5, 0.6) is 0 Å². The van der Waals surface area contributed by atoms with E-state index in [9.17, 15) is 9.59 Å². The fraction of sp³-hybridized carbons (Fsp3) is 0.333. The Morgan fingerprint density at radius 3 is 2.12 bits per heavy atom. The summed E-state index contributed by atoms with van der Waals surface area (Å²) in [5, 5.41) is 2.04. The maximum absolute atomic E-state index is 13.2. The van der Waals surface area contributed by atoms with Crippen LogP contribution >= 0.6 is 0 Å². The van der Waals surface area contributed by atoms with Crippen molar-refractivity contribution < 1.29 is 9.59 Å². The Balaban J connectivity index is 1.52. The number of amides is 2. The number of carbonyl (C=O) groups is 2. The molecule has 3 fully saturated rings. The zero-order chi connectivity index (χ0) is 16.0. The van der Waals surface area contributed by atoms with E-state index >= 15 is 0 Å². The lowest BCUT2D eigenvalue weighted by Gasteiger charge is -2.37. The Morgan fingerprint density at radius 1 is 0.792 bits per heavy atom. The highest BCUT2D eigenvalue weighted by molar-refractivity contribution is 6.25. The van der Waals surface area contributed by atoms with Crippen LogP contribution in [0.1, 0.15) is 6.42 Å². The second-order valence-corrected chi connectivity index (χ2v) is 7.66. The minimum absolute atomic E-state index is 0.0195. The van der Waals surface area contributed by atoms with E-state index in [1.165, 1.54) is 11.3 Å². The number of nitrogens with zero attached hydrogens (tertiary/aromatic N) is 1. The minimum Gasteiger partial charge on any atom is -0.274 e. The quantitative estimate of drug-likeness (QED) is 0.597. The van der Waals surface area contributed by atoms with Crippen molar-refractivity contribution in [2.75, 3.05) is 4.90 Å². The van der Waals surface area contributed by atoms with Gasteiger partial charge in [0.15, 0.2) is 0 Å². The number of benzene rings is 2. The van der Waals surface area contributed by atoms with Crippen LogP contribution in [-0.4, -0.2) is 11.8 Å². The van der Waals surface area contributed by atoms with E-state index in [0.29, 0.717) is 11.8 Å². The molecule has 118 valence electrons. The second kappa shape index (κ2) is 4.15. The van der Waals surface area contributed by atoms with Crippen LogP contribution < -0.4 is 4.90 Å². The first-order chi connectivity index (χ1) is 11.8. The van der Waals surface area contributed by atoms with Gasteiger partial charge in [-0.15, -0.1) is 0 Å². The lowest BCUT2D eigenvalue weighted by Crippen LogP contribution is -2.40. The SMILES string of the molecule is O=C1C2C3C=CC(C4CC34)C2C(=O)N1c1cccc2ccccc12. The molecule has 2 amide bonds. The van der Waals surface area contributed by atoms with Crippen LogP contribution in [0.4, 0.5) is 5.69 Å². The summed E-state index contributed by atoms with van der Waals surface area (Å²) >= 11 is 0. The average molecular weight is 315 g/mol. The predicted octanol–water partition coefficient (Wildman–Crippen LogP) is 3.40. The number of anilines is 1. The number of imide groups is 1. The first-order valence-electron chi connectivity index (χ1n) is 8.79. The summed E-state index contributed by atoms with van der Waals surface area (Å²) in [6.45, 7) is 0. The number of allylic oxidation sites excluding steroid dienone is 2. The summed E-state index contributed by atoms with van der Waals surface area (Å²) in [6.07, 6.45) is 5.64. The second-order valence-electron chi connectivity index (χ2n) is 7.66. The van der Waals surface area contributed by atoms with Crippen molar-refractivity contribution in [2.24, 2.45) is 35.5 Å². The summed E-state index contributed by atoms with van der Waals surface area (Å²) in [5.41, 5.74) is 0.755.